The van der Waals surface area contributed by atoms with Crippen LogP contribution in [0, 0.1) is 6.92 Å². The molecule has 0 aliphatic heterocycles. The number of rotatable bonds is 1. The molecule has 0 aromatic heterocycles. The highest BCUT2D eigenvalue weighted by Gasteiger charge is 2.06. The minimum absolute atomic E-state index is 0.853. The maximum absolute atomic E-state index is 6.04. The molecule has 0 unspecified atom stereocenters. The van der Waals surface area contributed by atoms with Gasteiger partial charge in [-0.3, -0.25) is 0 Å². The van der Waals surface area contributed by atoms with E-state index < -0.39 is 0 Å². The van der Waals surface area contributed by atoms with Crippen LogP contribution in [0.15, 0.2) is 24.3 Å². The zero-order valence-electron chi connectivity index (χ0n) is 8.52. The molecule has 1 aliphatic carbocycles. The van der Waals surface area contributed by atoms with E-state index in [1.807, 2.05) is 6.07 Å². The van der Waals surface area contributed by atoms with Gasteiger partial charge in [-0.15, -0.1) is 0 Å². The molecule has 2 rings (SSSR count). The van der Waals surface area contributed by atoms with E-state index in [2.05, 4.69) is 25.1 Å². The van der Waals surface area contributed by atoms with Crippen LogP contribution in [0.25, 0.3) is 5.57 Å². The molecule has 0 saturated heterocycles. The van der Waals surface area contributed by atoms with Gasteiger partial charge >= 0.3 is 0 Å². The van der Waals surface area contributed by atoms with Gasteiger partial charge in [0.1, 0.15) is 0 Å². The Bertz CT molecular complexity index is 343. The lowest BCUT2D eigenvalue weighted by molar-refractivity contribution is 0.742. The third kappa shape index (κ3) is 2.19. The number of aryl methyl sites for hydroxylation is 1. The summed E-state index contributed by atoms with van der Waals surface area (Å²) in [6.45, 7) is 2.10. The summed E-state index contributed by atoms with van der Waals surface area (Å²) in [6.07, 6.45) is 7.44. The molecule has 0 radical (unpaired) electrons. The second-order valence-electron chi connectivity index (χ2n) is 3.99. The predicted octanol–water partition coefficient (Wildman–Crippen LogP) is 4.61. The molecule has 0 spiro atoms. The van der Waals surface area contributed by atoms with Crippen LogP contribution in [0.5, 0.6) is 0 Å². The van der Waals surface area contributed by atoms with E-state index in [1.54, 1.807) is 0 Å². The lowest BCUT2D eigenvalue weighted by Crippen LogP contribution is -1.92. The Hall–Kier alpha value is -0.750. The van der Waals surface area contributed by atoms with Crippen LogP contribution in [0.3, 0.4) is 0 Å². The van der Waals surface area contributed by atoms with E-state index >= 15 is 0 Å². The zero-order valence-corrected chi connectivity index (χ0v) is 9.27. The molecular weight excluding hydrogens is 192 g/mol. The molecular formula is C13H15Cl. The molecule has 14 heavy (non-hydrogen) atoms. The summed E-state index contributed by atoms with van der Waals surface area (Å²) in [4.78, 5) is 0. The van der Waals surface area contributed by atoms with Crippen LogP contribution in [0.1, 0.15) is 36.8 Å². The van der Waals surface area contributed by atoms with Gasteiger partial charge in [0.25, 0.3) is 0 Å². The molecule has 0 heterocycles. The fraction of sp³-hybridized carbons (Fsp3) is 0.385. The van der Waals surface area contributed by atoms with Gasteiger partial charge in [-0.25, -0.2) is 0 Å². The molecule has 1 aromatic carbocycles. The summed E-state index contributed by atoms with van der Waals surface area (Å²) >= 11 is 6.04. The summed E-state index contributed by atoms with van der Waals surface area (Å²) in [5.74, 6) is 0. The molecule has 0 bridgehead atoms. The van der Waals surface area contributed by atoms with Gasteiger partial charge in [-0.1, -0.05) is 23.7 Å². The summed E-state index contributed by atoms with van der Waals surface area (Å²) in [5.41, 5.74) is 4.04. The molecule has 1 aromatic rings. The van der Waals surface area contributed by atoms with Crippen molar-refractivity contribution in [3.05, 3.63) is 40.4 Å². The Kier molecular flexibility index (Phi) is 2.93. The quantitative estimate of drug-likeness (QED) is 0.630. The summed E-state index contributed by atoms with van der Waals surface area (Å²) < 4.78 is 0. The molecule has 74 valence electrons. The second kappa shape index (κ2) is 4.18. The van der Waals surface area contributed by atoms with E-state index in [9.17, 15) is 0 Å². The minimum atomic E-state index is 0.853. The van der Waals surface area contributed by atoms with Gasteiger partial charge in [0.2, 0.25) is 0 Å². The van der Waals surface area contributed by atoms with Gasteiger partial charge in [0, 0.05) is 5.02 Å². The smallest absolute Gasteiger partial charge is 0.0414 e. The average molecular weight is 207 g/mol. The largest absolute Gasteiger partial charge is 0.0843 e. The average Bonchev–Trinajstić information content (AvgIpc) is 2.18. The van der Waals surface area contributed by atoms with Crippen LogP contribution >= 0.6 is 11.6 Å². The van der Waals surface area contributed by atoms with Crippen LogP contribution in [0.4, 0.5) is 0 Å². The molecule has 0 amide bonds. The molecule has 1 aliphatic rings. The highest BCUT2D eigenvalue weighted by atomic mass is 35.5. The van der Waals surface area contributed by atoms with Crippen molar-refractivity contribution < 1.29 is 0 Å². The zero-order chi connectivity index (χ0) is 9.97. The highest BCUT2D eigenvalue weighted by Crippen LogP contribution is 2.28. The standard InChI is InChI=1S/C13H15Cl/c1-10-7-12(9-13(14)8-10)11-5-3-2-4-6-11/h5,7-9H,2-4,6H2,1H3. The Morgan fingerprint density at radius 1 is 1.14 bits per heavy atom. The van der Waals surface area contributed by atoms with E-state index in [-0.39, 0.29) is 0 Å². The van der Waals surface area contributed by atoms with Crippen molar-refractivity contribution in [2.45, 2.75) is 32.6 Å². The van der Waals surface area contributed by atoms with Gasteiger partial charge < -0.3 is 0 Å². The van der Waals surface area contributed by atoms with Crippen LogP contribution in [-0.2, 0) is 0 Å². The predicted molar refractivity (Wildman–Crippen MR) is 62.6 cm³/mol. The molecule has 0 N–H and O–H groups in total. The van der Waals surface area contributed by atoms with E-state index in [0.29, 0.717) is 0 Å². The first-order valence-corrected chi connectivity index (χ1v) is 5.60. The number of hydrogen-bond donors (Lipinski definition) is 0. The highest BCUT2D eigenvalue weighted by molar-refractivity contribution is 6.30. The maximum atomic E-state index is 6.04. The molecule has 0 saturated carbocycles. The first-order chi connectivity index (χ1) is 6.75. The second-order valence-corrected chi connectivity index (χ2v) is 4.43. The molecule has 0 nitrogen and oxygen atoms in total. The molecule has 1 heteroatoms. The topological polar surface area (TPSA) is 0 Å². The lowest BCUT2D eigenvalue weighted by Gasteiger charge is -2.13. The maximum Gasteiger partial charge on any atom is 0.0414 e. The van der Waals surface area contributed by atoms with Crippen molar-refractivity contribution in [2.24, 2.45) is 0 Å². The van der Waals surface area contributed by atoms with Crippen molar-refractivity contribution in [3.8, 4) is 0 Å². The van der Waals surface area contributed by atoms with Gasteiger partial charge in [0.15, 0.2) is 0 Å². The lowest BCUT2D eigenvalue weighted by atomic mass is 9.93. The number of halogens is 1. The van der Waals surface area contributed by atoms with E-state index in [4.69, 9.17) is 11.6 Å². The van der Waals surface area contributed by atoms with Gasteiger partial charge in [0.05, 0.1) is 0 Å². The monoisotopic (exact) mass is 206 g/mol. The summed E-state index contributed by atoms with van der Waals surface area (Å²) in [5, 5.41) is 0.853. The minimum Gasteiger partial charge on any atom is -0.0843 e. The normalized spacial score (nSPS) is 16.6. The number of hydrogen-bond acceptors (Lipinski definition) is 0. The third-order valence-electron chi connectivity index (χ3n) is 2.70. The van der Waals surface area contributed by atoms with E-state index in [0.717, 1.165) is 5.02 Å². The Balaban J connectivity index is 2.35. The number of allylic oxidation sites excluding steroid dienone is 2. The van der Waals surface area contributed by atoms with Gasteiger partial charge in [-0.05, 0) is 61.4 Å². The van der Waals surface area contributed by atoms with Crippen LogP contribution in [-0.4, -0.2) is 0 Å². The first kappa shape index (κ1) is 9.79. The fourth-order valence-electron chi connectivity index (χ4n) is 2.02. The third-order valence-corrected chi connectivity index (χ3v) is 2.92. The Labute approximate surface area is 90.6 Å². The molecule has 0 fully saturated rings. The number of benzene rings is 1. The molecule has 0 atom stereocenters. The van der Waals surface area contributed by atoms with Crippen molar-refractivity contribution in [1.82, 2.24) is 0 Å². The van der Waals surface area contributed by atoms with Crippen molar-refractivity contribution in [3.63, 3.8) is 0 Å². The van der Waals surface area contributed by atoms with Crippen molar-refractivity contribution >= 4 is 17.2 Å². The SMILES string of the molecule is Cc1cc(Cl)cc(C2=CCCCC2)c1. The Morgan fingerprint density at radius 2 is 2.00 bits per heavy atom. The van der Waals surface area contributed by atoms with Crippen LogP contribution in [0.2, 0.25) is 5.02 Å². The fourth-order valence-corrected chi connectivity index (χ4v) is 2.31. The van der Waals surface area contributed by atoms with Crippen molar-refractivity contribution in [2.75, 3.05) is 0 Å². The van der Waals surface area contributed by atoms with Crippen molar-refractivity contribution in [1.29, 1.82) is 0 Å². The van der Waals surface area contributed by atoms with E-state index in [1.165, 1.54) is 42.4 Å². The van der Waals surface area contributed by atoms with Crippen LogP contribution < -0.4 is 0 Å². The van der Waals surface area contributed by atoms with Gasteiger partial charge in [-0.2, -0.15) is 0 Å². The Morgan fingerprint density at radius 3 is 2.64 bits per heavy atom. The first-order valence-electron chi connectivity index (χ1n) is 5.22. The summed E-state index contributed by atoms with van der Waals surface area (Å²) in [7, 11) is 0. The summed E-state index contributed by atoms with van der Waals surface area (Å²) in [6, 6.07) is 6.31.